The predicted molar refractivity (Wildman–Crippen MR) is 79.3 cm³/mol. The van der Waals surface area contributed by atoms with Crippen molar-refractivity contribution in [3.05, 3.63) is 36.0 Å². The van der Waals surface area contributed by atoms with Crippen molar-refractivity contribution in [2.45, 2.75) is 6.54 Å². The van der Waals surface area contributed by atoms with E-state index in [2.05, 4.69) is 5.10 Å². The van der Waals surface area contributed by atoms with Crippen molar-refractivity contribution in [2.75, 3.05) is 19.1 Å². The van der Waals surface area contributed by atoms with E-state index in [0.29, 0.717) is 23.3 Å². The third-order valence-electron chi connectivity index (χ3n) is 2.95. The van der Waals surface area contributed by atoms with Crippen molar-refractivity contribution in [3.8, 4) is 17.0 Å². The van der Waals surface area contributed by atoms with Crippen LogP contribution in [0.1, 0.15) is 10.4 Å². The minimum absolute atomic E-state index is 0.0233. The largest absolute Gasteiger partial charge is 0.497 e. The molecule has 0 saturated carbocycles. The van der Waals surface area contributed by atoms with Gasteiger partial charge >= 0.3 is 0 Å². The molecule has 2 rings (SSSR count). The molecule has 0 N–H and O–H groups in total. The van der Waals surface area contributed by atoms with Crippen LogP contribution in [0.2, 0.25) is 0 Å². The maximum atomic E-state index is 11.2. The first kappa shape index (κ1) is 15.2. The van der Waals surface area contributed by atoms with Crippen molar-refractivity contribution in [3.63, 3.8) is 0 Å². The smallest absolute Gasteiger partial charge is 0.153 e. The Morgan fingerprint density at radius 2 is 2.14 bits per heavy atom. The number of carbonyl (C=O) groups is 1. The fourth-order valence-electron chi connectivity index (χ4n) is 1.89. The minimum Gasteiger partial charge on any atom is -0.497 e. The van der Waals surface area contributed by atoms with Crippen LogP contribution < -0.4 is 4.74 Å². The third kappa shape index (κ3) is 3.91. The highest BCUT2D eigenvalue weighted by molar-refractivity contribution is 7.90. The summed E-state index contributed by atoms with van der Waals surface area (Å²) in [7, 11) is -1.52. The van der Waals surface area contributed by atoms with Crippen molar-refractivity contribution in [2.24, 2.45) is 0 Å². The Labute approximate surface area is 123 Å². The molecule has 0 saturated heterocycles. The molecule has 7 heteroatoms. The number of hydrogen-bond donors (Lipinski definition) is 0. The lowest BCUT2D eigenvalue weighted by atomic mass is 10.1. The number of hydrogen-bond acceptors (Lipinski definition) is 5. The van der Waals surface area contributed by atoms with Crippen molar-refractivity contribution < 1.29 is 17.9 Å². The summed E-state index contributed by atoms with van der Waals surface area (Å²) in [4.78, 5) is 11.2. The van der Waals surface area contributed by atoms with Gasteiger partial charge in [0, 0.05) is 18.0 Å². The van der Waals surface area contributed by atoms with Gasteiger partial charge in [0.25, 0.3) is 0 Å². The molecule has 2 aromatic rings. The number of methoxy groups -OCH3 is 1. The van der Waals surface area contributed by atoms with E-state index >= 15 is 0 Å². The van der Waals surface area contributed by atoms with E-state index in [1.807, 2.05) is 6.07 Å². The number of nitrogens with zero attached hydrogens (tertiary/aromatic N) is 2. The van der Waals surface area contributed by atoms with Gasteiger partial charge in [-0.05, 0) is 12.1 Å². The summed E-state index contributed by atoms with van der Waals surface area (Å²) in [6.45, 7) is 0.212. The first-order valence-electron chi connectivity index (χ1n) is 6.28. The molecule has 0 fully saturated rings. The zero-order chi connectivity index (χ0) is 15.5. The molecule has 0 amide bonds. The van der Waals surface area contributed by atoms with Crippen LogP contribution in [-0.2, 0) is 16.4 Å². The molecule has 0 aliphatic rings. The summed E-state index contributed by atoms with van der Waals surface area (Å²) in [5.41, 5.74) is 1.67. The van der Waals surface area contributed by atoms with Crippen LogP contribution in [0.4, 0.5) is 0 Å². The molecule has 1 aromatic heterocycles. The molecule has 0 unspecified atom stereocenters. The van der Waals surface area contributed by atoms with Crippen LogP contribution in [0.5, 0.6) is 5.75 Å². The highest BCUT2D eigenvalue weighted by Crippen LogP contribution is 2.24. The van der Waals surface area contributed by atoms with Gasteiger partial charge in [-0.1, -0.05) is 12.1 Å². The number of aryl methyl sites for hydroxylation is 1. The quantitative estimate of drug-likeness (QED) is 0.754. The zero-order valence-corrected chi connectivity index (χ0v) is 12.6. The number of rotatable bonds is 6. The summed E-state index contributed by atoms with van der Waals surface area (Å²) in [6.07, 6.45) is 3.42. The average molecular weight is 308 g/mol. The Bertz CT molecular complexity index is 750. The van der Waals surface area contributed by atoms with Gasteiger partial charge in [-0.2, -0.15) is 5.10 Å². The Hall–Kier alpha value is -2.15. The van der Waals surface area contributed by atoms with Crippen molar-refractivity contribution in [1.82, 2.24) is 9.78 Å². The van der Waals surface area contributed by atoms with E-state index in [1.54, 1.807) is 31.5 Å². The zero-order valence-electron chi connectivity index (χ0n) is 11.8. The number of carbonyl (C=O) groups excluding carboxylic acids is 1. The summed E-state index contributed by atoms with van der Waals surface area (Å²) < 4.78 is 29.0. The van der Waals surface area contributed by atoms with E-state index in [1.165, 1.54) is 10.9 Å². The summed E-state index contributed by atoms with van der Waals surface area (Å²) in [6, 6.07) is 7.19. The lowest BCUT2D eigenvalue weighted by molar-refractivity contribution is 0.112. The number of aromatic nitrogens is 2. The fraction of sp³-hybridized carbons (Fsp3) is 0.286. The maximum Gasteiger partial charge on any atom is 0.153 e. The minimum atomic E-state index is -3.08. The Morgan fingerprint density at radius 3 is 2.76 bits per heavy atom. The lowest BCUT2D eigenvalue weighted by Gasteiger charge is -2.03. The third-order valence-corrected chi connectivity index (χ3v) is 3.88. The van der Waals surface area contributed by atoms with Crippen LogP contribution in [0.15, 0.2) is 30.5 Å². The Morgan fingerprint density at radius 1 is 1.38 bits per heavy atom. The van der Waals surface area contributed by atoms with Crippen LogP contribution >= 0.6 is 0 Å². The van der Waals surface area contributed by atoms with Gasteiger partial charge in [0.1, 0.15) is 21.3 Å². The molecule has 0 bridgehead atoms. The van der Waals surface area contributed by atoms with Gasteiger partial charge in [0.05, 0.1) is 25.0 Å². The second-order valence-electron chi connectivity index (χ2n) is 4.68. The summed E-state index contributed by atoms with van der Waals surface area (Å²) in [5.74, 6) is 0.639. The number of benzene rings is 1. The molecule has 0 aliphatic heterocycles. The molecule has 1 aromatic carbocycles. The second kappa shape index (κ2) is 6.09. The van der Waals surface area contributed by atoms with Crippen LogP contribution in [-0.4, -0.2) is 43.6 Å². The van der Waals surface area contributed by atoms with Crippen molar-refractivity contribution in [1.29, 1.82) is 0 Å². The normalized spacial score (nSPS) is 11.3. The SMILES string of the molecule is COc1cccc(-c2nn(CCS(C)(=O)=O)cc2C=O)c1. The van der Waals surface area contributed by atoms with Gasteiger partial charge in [0.15, 0.2) is 6.29 Å². The second-order valence-corrected chi connectivity index (χ2v) is 6.94. The molecule has 1 heterocycles. The number of sulfone groups is 1. The van der Waals surface area contributed by atoms with E-state index in [-0.39, 0.29) is 12.3 Å². The molecule has 0 aliphatic carbocycles. The summed E-state index contributed by atoms with van der Waals surface area (Å²) in [5, 5.41) is 4.30. The molecule has 0 atom stereocenters. The van der Waals surface area contributed by atoms with Crippen LogP contribution in [0, 0.1) is 0 Å². The molecule has 0 radical (unpaired) electrons. The van der Waals surface area contributed by atoms with E-state index in [4.69, 9.17) is 4.74 Å². The molecule has 112 valence electrons. The molecule has 6 nitrogen and oxygen atoms in total. The average Bonchev–Trinajstić information content (AvgIpc) is 2.88. The van der Waals surface area contributed by atoms with E-state index < -0.39 is 9.84 Å². The molecular weight excluding hydrogens is 292 g/mol. The topological polar surface area (TPSA) is 78.3 Å². The monoisotopic (exact) mass is 308 g/mol. The molecular formula is C14H16N2O4S. The van der Waals surface area contributed by atoms with Crippen molar-refractivity contribution >= 4 is 16.1 Å². The summed E-state index contributed by atoms with van der Waals surface area (Å²) >= 11 is 0. The van der Waals surface area contributed by atoms with Crippen LogP contribution in [0.25, 0.3) is 11.3 Å². The standard InChI is InChI=1S/C14H16N2O4S/c1-20-13-5-3-4-11(8-13)14-12(10-17)9-16(15-14)6-7-21(2,18)19/h3-5,8-10H,6-7H2,1-2H3. The highest BCUT2D eigenvalue weighted by atomic mass is 32.2. The predicted octanol–water partition coefficient (Wildman–Crippen LogP) is 1.42. The van der Waals surface area contributed by atoms with Gasteiger partial charge in [-0.15, -0.1) is 0 Å². The lowest BCUT2D eigenvalue weighted by Crippen LogP contribution is -2.11. The number of aldehydes is 1. The fourth-order valence-corrected chi connectivity index (χ4v) is 2.41. The number of ether oxygens (including phenoxy) is 1. The van der Waals surface area contributed by atoms with E-state index in [9.17, 15) is 13.2 Å². The highest BCUT2D eigenvalue weighted by Gasteiger charge is 2.12. The molecule has 21 heavy (non-hydrogen) atoms. The van der Waals surface area contributed by atoms with E-state index in [0.717, 1.165) is 5.56 Å². The van der Waals surface area contributed by atoms with Gasteiger partial charge < -0.3 is 4.74 Å². The Balaban J connectivity index is 2.34. The van der Waals surface area contributed by atoms with Gasteiger partial charge in [-0.25, -0.2) is 8.42 Å². The van der Waals surface area contributed by atoms with Gasteiger partial charge in [0.2, 0.25) is 0 Å². The van der Waals surface area contributed by atoms with Gasteiger partial charge in [-0.3, -0.25) is 9.48 Å². The molecule has 0 spiro atoms. The maximum absolute atomic E-state index is 11.2. The first-order valence-corrected chi connectivity index (χ1v) is 8.34. The first-order chi connectivity index (χ1) is 9.93. The Kier molecular flexibility index (Phi) is 4.42. The van der Waals surface area contributed by atoms with Crippen LogP contribution in [0.3, 0.4) is 0 Å².